The molecule has 15 heavy (non-hydrogen) atoms. The average Bonchev–Trinajstić information content (AvgIpc) is 2.02. The zero-order valence-corrected chi connectivity index (χ0v) is 11.8. The molecule has 0 aliphatic carbocycles. The summed E-state index contributed by atoms with van der Waals surface area (Å²) in [5.41, 5.74) is 0. The summed E-state index contributed by atoms with van der Waals surface area (Å²) in [7, 11) is -4.55. The topological polar surface area (TPSA) is 118 Å². The van der Waals surface area contributed by atoms with Crippen molar-refractivity contribution in [1.29, 1.82) is 0 Å². The van der Waals surface area contributed by atoms with Crippen LogP contribution in [0.25, 0.3) is 0 Å². The van der Waals surface area contributed by atoms with E-state index in [0.717, 1.165) is 13.0 Å². The monoisotopic (exact) mass is 247 g/mol. The fraction of sp³-hybridized carbons (Fsp3) is 0.571. The van der Waals surface area contributed by atoms with Crippen LogP contribution in [0.1, 0.15) is 20.3 Å². The van der Waals surface area contributed by atoms with Gasteiger partial charge in [0.1, 0.15) is 15.0 Å². The molecular formula is C7H14NNaO5S. The van der Waals surface area contributed by atoms with Crippen LogP contribution in [0, 0.1) is 0 Å². The maximum absolute atomic E-state index is 10.8. The average molecular weight is 247 g/mol. The molecule has 3 N–H and O–H groups in total. The fourth-order valence-electron chi connectivity index (χ4n) is 0.639. The van der Waals surface area contributed by atoms with E-state index in [9.17, 15) is 17.8 Å². The Morgan fingerprint density at radius 2 is 2.00 bits per heavy atom. The van der Waals surface area contributed by atoms with Crippen molar-refractivity contribution in [1.82, 2.24) is 5.32 Å². The SMILES string of the molecule is C=CC(=O)NC(C)(CC)S(=O)(=O)[O-].O.[Na+]. The first kappa shape index (κ1) is 20.5. The Hall–Kier alpha value is 0.0800. The second-order valence-electron chi connectivity index (χ2n) is 2.73. The molecule has 0 aliphatic rings. The Kier molecular flexibility index (Phi) is 10.1. The summed E-state index contributed by atoms with van der Waals surface area (Å²) in [4.78, 5) is 9.05. The number of amides is 1. The second kappa shape index (κ2) is 7.37. The predicted molar refractivity (Wildman–Crippen MR) is 50.3 cm³/mol. The minimum atomic E-state index is -4.55. The second-order valence-corrected chi connectivity index (χ2v) is 4.54. The molecule has 0 aromatic carbocycles. The number of carbonyl (C=O) groups excluding carboxylic acids is 1. The molecule has 1 amide bonds. The molecule has 0 aromatic rings. The Bertz CT molecular complexity index is 315. The Balaban J connectivity index is -0.000000720. The van der Waals surface area contributed by atoms with Gasteiger partial charge >= 0.3 is 29.6 Å². The summed E-state index contributed by atoms with van der Waals surface area (Å²) in [5.74, 6) is -0.677. The van der Waals surface area contributed by atoms with Crippen molar-refractivity contribution in [3.63, 3.8) is 0 Å². The van der Waals surface area contributed by atoms with Crippen molar-refractivity contribution in [2.45, 2.75) is 25.1 Å². The molecule has 0 bridgehead atoms. The van der Waals surface area contributed by atoms with Gasteiger partial charge in [-0.1, -0.05) is 13.5 Å². The molecule has 0 aliphatic heterocycles. The molecule has 0 heterocycles. The van der Waals surface area contributed by atoms with E-state index in [1.807, 2.05) is 0 Å². The van der Waals surface area contributed by atoms with Gasteiger partial charge in [0.05, 0.1) is 0 Å². The number of rotatable bonds is 4. The molecule has 0 rings (SSSR count). The number of hydrogen-bond acceptors (Lipinski definition) is 4. The van der Waals surface area contributed by atoms with E-state index in [-0.39, 0.29) is 41.5 Å². The van der Waals surface area contributed by atoms with Crippen LogP contribution in [0.15, 0.2) is 12.7 Å². The van der Waals surface area contributed by atoms with Crippen LogP contribution in [0.5, 0.6) is 0 Å². The van der Waals surface area contributed by atoms with Crippen molar-refractivity contribution in [2.75, 3.05) is 0 Å². The molecule has 0 fully saturated rings. The van der Waals surface area contributed by atoms with E-state index in [0.29, 0.717) is 0 Å². The van der Waals surface area contributed by atoms with E-state index in [1.165, 1.54) is 6.92 Å². The fourth-order valence-corrected chi connectivity index (χ4v) is 1.22. The Morgan fingerprint density at radius 3 is 2.20 bits per heavy atom. The standard InChI is InChI=1S/C7H13NO4S.Na.H2O/c1-4-6(9)8-7(3,5-2)13(10,11)12;;/h4H,1,5H2,2-3H3,(H,8,9)(H,10,11,12);;1H2/q;+1;/p-1. The van der Waals surface area contributed by atoms with E-state index in [2.05, 4.69) is 11.9 Å². The first-order valence-electron chi connectivity index (χ1n) is 3.67. The number of nitrogens with one attached hydrogen (secondary N) is 1. The Labute approximate surface area is 111 Å². The zero-order valence-electron chi connectivity index (χ0n) is 9.03. The van der Waals surface area contributed by atoms with E-state index < -0.39 is 20.9 Å². The van der Waals surface area contributed by atoms with Gasteiger partial charge < -0.3 is 15.3 Å². The minimum absolute atomic E-state index is 0. The minimum Gasteiger partial charge on any atom is -0.746 e. The smallest absolute Gasteiger partial charge is 0.746 e. The quantitative estimate of drug-likeness (QED) is 0.310. The van der Waals surface area contributed by atoms with Crippen molar-refractivity contribution < 1.29 is 52.8 Å². The summed E-state index contributed by atoms with van der Waals surface area (Å²) in [6, 6.07) is 0. The van der Waals surface area contributed by atoms with Crippen LogP contribution in [0.3, 0.4) is 0 Å². The summed E-state index contributed by atoms with van der Waals surface area (Å²) < 4.78 is 32.2. The molecule has 0 radical (unpaired) electrons. The maximum atomic E-state index is 10.8. The first-order chi connectivity index (χ1) is 5.77. The van der Waals surface area contributed by atoms with Crippen molar-refractivity contribution in [3.05, 3.63) is 12.7 Å². The molecule has 0 aromatic heterocycles. The van der Waals surface area contributed by atoms with Crippen molar-refractivity contribution in [3.8, 4) is 0 Å². The van der Waals surface area contributed by atoms with Crippen LogP contribution >= 0.6 is 0 Å². The van der Waals surface area contributed by atoms with Gasteiger partial charge in [-0.2, -0.15) is 0 Å². The Morgan fingerprint density at radius 1 is 1.60 bits per heavy atom. The number of hydrogen-bond donors (Lipinski definition) is 1. The third-order valence-electron chi connectivity index (χ3n) is 1.80. The van der Waals surface area contributed by atoms with Crippen LogP contribution in [-0.4, -0.2) is 29.2 Å². The van der Waals surface area contributed by atoms with Crippen LogP contribution in [-0.2, 0) is 14.9 Å². The molecule has 1 atom stereocenters. The van der Waals surface area contributed by atoms with E-state index in [4.69, 9.17) is 0 Å². The van der Waals surface area contributed by atoms with Gasteiger partial charge in [0, 0.05) is 0 Å². The van der Waals surface area contributed by atoms with Gasteiger partial charge in [-0.25, -0.2) is 8.42 Å². The van der Waals surface area contributed by atoms with Gasteiger partial charge in [-0.05, 0) is 19.4 Å². The third-order valence-corrected chi connectivity index (χ3v) is 3.29. The summed E-state index contributed by atoms with van der Waals surface area (Å²) in [6.07, 6.45) is 0.928. The van der Waals surface area contributed by atoms with Crippen LogP contribution < -0.4 is 34.9 Å². The molecule has 0 saturated carbocycles. The van der Waals surface area contributed by atoms with Crippen molar-refractivity contribution >= 4 is 16.0 Å². The van der Waals surface area contributed by atoms with Crippen LogP contribution in [0.4, 0.5) is 0 Å². The van der Waals surface area contributed by atoms with E-state index in [1.54, 1.807) is 0 Å². The van der Waals surface area contributed by atoms with Gasteiger partial charge in [0.15, 0.2) is 0 Å². The van der Waals surface area contributed by atoms with Gasteiger partial charge in [-0.3, -0.25) is 4.79 Å². The van der Waals surface area contributed by atoms with Gasteiger partial charge in [0.25, 0.3) is 0 Å². The maximum Gasteiger partial charge on any atom is 1.00 e. The number of carbonyl (C=O) groups is 1. The molecule has 0 spiro atoms. The van der Waals surface area contributed by atoms with Gasteiger partial charge in [0.2, 0.25) is 5.91 Å². The molecule has 0 saturated heterocycles. The molecule has 84 valence electrons. The zero-order chi connectivity index (χ0) is 10.7. The summed E-state index contributed by atoms with van der Waals surface area (Å²) in [5, 5.41) is 2.08. The third kappa shape index (κ3) is 5.64. The largest absolute Gasteiger partial charge is 1.00 e. The first-order valence-corrected chi connectivity index (χ1v) is 5.07. The summed E-state index contributed by atoms with van der Waals surface area (Å²) >= 11 is 0. The van der Waals surface area contributed by atoms with E-state index >= 15 is 0 Å². The molecule has 6 nitrogen and oxygen atoms in total. The molecule has 8 heteroatoms. The normalized spacial score (nSPS) is 13.8. The summed E-state index contributed by atoms with van der Waals surface area (Å²) in [6.45, 7) is 5.81. The van der Waals surface area contributed by atoms with Gasteiger partial charge in [-0.15, -0.1) is 0 Å². The van der Waals surface area contributed by atoms with Crippen molar-refractivity contribution in [2.24, 2.45) is 0 Å². The van der Waals surface area contributed by atoms with Crippen LogP contribution in [0.2, 0.25) is 0 Å². The molecular weight excluding hydrogens is 233 g/mol. The predicted octanol–water partition coefficient (Wildman–Crippen LogP) is -3.86. The molecule has 1 unspecified atom stereocenters.